The lowest BCUT2D eigenvalue weighted by Gasteiger charge is -2.01. The van der Waals surface area contributed by atoms with Crippen LogP contribution in [0.1, 0.15) is 6.92 Å². The summed E-state index contributed by atoms with van der Waals surface area (Å²) in [4.78, 5) is 0. The highest BCUT2D eigenvalue weighted by molar-refractivity contribution is 6.49. The third-order valence-electron chi connectivity index (χ3n) is 0.367. The zero-order valence-corrected chi connectivity index (χ0v) is 5.37. The van der Waals surface area contributed by atoms with Gasteiger partial charge in [-0.05, 0) is 13.0 Å². The van der Waals surface area contributed by atoms with E-state index in [4.69, 9.17) is 28.3 Å². The molecule has 7 heavy (non-hydrogen) atoms. The minimum atomic E-state index is -0.936. The van der Waals surface area contributed by atoms with Crippen molar-refractivity contribution in [2.75, 3.05) is 0 Å². The van der Waals surface area contributed by atoms with E-state index in [1.807, 2.05) is 0 Å². The number of hydrogen-bond donors (Lipinski definition) is 1. The highest BCUT2D eigenvalue weighted by Gasteiger charge is 2.09. The van der Waals surface area contributed by atoms with Gasteiger partial charge in [-0.2, -0.15) is 0 Å². The maximum Gasteiger partial charge on any atom is 0.136 e. The molecule has 0 atom stereocenters. The molecule has 0 radical (unpaired) electrons. The van der Waals surface area contributed by atoms with E-state index >= 15 is 0 Å². The van der Waals surface area contributed by atoms with Crippen LogP contribution in [-0.4, -0.2) is 9.44 Å². The van der Waals surface area contributed by atoms with Crippen molar-refractivity contribution >= 4 is 23.2 Å². The molecule has 3 heteroatoms. The fourth-order valence-corrected chi connectivity index (χ4v) is 0.244. The Morgan fingerprint density at radius 1 is 1.57 bits per heavy atom. The van der Waals surface area contributed by atoms with E-state index in [9.17, 15) is 0 Å². The Morgan fingerprint density at radius 2 is 2.00 bits per heavy atom. The first-order chi connectivity index (χ1) is 3.06. The van der Waals surface area contributed by atoms with Crippen molar-refractivity contribution in [3.8, 4) is 0 Å². The molecule has 1 N–H and O–H groups in total. The van der Waals surface area contributed by atoms with E-state index in [2.05, 4.69) is 0 Å². The van der Waals surface area contributed by atoms with Crippen LogP contribution in [0.5, 0.6) is 0 Å². The van der Waals surface area contributed by atoms with Crippen LogP contribution in [0.2, 0.25) is 0 Å². The van der Waals surface area contributed by atoms with E-state index in [1.54, 1.807) is 6.92 Å². The molecule has 0 amide bonds. The Hall–Kier alpha value is 0.120. The molecular weight excluding hydrogens is 135 g/mol. The Balaban J connectivity index is 3.56. The van der Waals surface area contributed by atoms with Gasteiger partial charge in [-0.3, -0.25) is 0 Å². The van der Waals surface area contributed by atoms with Crippen LogP contribution in [0.15, 0.2) is 12.3 Å². The second-order valence-electron chi connectivity index (χ2n) is 1.27. The number of aliphatic hydroxyl groups is 1. The first kappa shape index (κ1) is 7.12. The lowest BCUT2D eigenvalue weighted by atomic mass is 10.5. The van der Waals surface area contributed by atoms with Crippen molar-refractivity contribution < 1.29 is 5.11 Å². The SMILES string of the molecule is CC(Cl)(Cl)C=CO. The van der Waals surface area contributed by atoms with Gasteiger partial charge in [-0.25, -0.2) is 0 Å². The quantitative estimate of drug-likeness (QED) is 0.438. The van der Waals surface area contributed by atoms with Gasteiger partial charge in [0.05, 0.1) is 6.26 Å². The summed E-state index contributed by atoms with van der Waals surface area (Å²) in [6, 6.07) is 0. The molecule has 0 heterocycles. The van der Waals surface area contributed by atoms with Gasteiger partial charge in [0.2, 0.25) is 0 Å². The van der Waals surface area contributed by atoms with Crippen LogP contribution >= 0.6 is 23.2 Å². The molecule has 0 spiro atoms. The summed E-state index contributed by atoms with van der Waals surface area (Å²) in [5, 5.41) is 8.05. The van der Waals surface area contributed by atoms with Gasteiger partial charge < -0.3 is 5.11 Å². The summed E-state index contributed by atoms with van der Waals surface area (Å²) in [5.41, 5.74) is 0. The summed E-state index contributed by atoms with van der Waals surface area (Å²) in [5.74, 6) is 0. The molecule has 0 aromatic carbocycles. The number of halogens is 2. The zero-order chi connectivity index (χ0) is 5.91. The molecule has 0 aliphatic rings. The third kappa shape index (κ3) is 6.12. The molecule has 0 saturated carbocycles. The molecule has 0 aliphatic heterocycles. The van der Waals surface area contributed by atoms with Gasteiger partial charge in [0, 0.05) is 0 Å². The highest BCUT2D eigenvalue weighted by Crippen LogP contribution is 2.19. The van der Waals surface area contributed by atoms with Gasteiger partial charge >= 0.3 is 0 Å². The van der Waals surface area contributed by atoms with Crippen LogP contribution in [0.4, 0.5) is 0 Å². The standard InChI is InChI=1S/C4H6Cl2O/c1-4(5,6)2-3-7/h2-3,7H,1H3. The van der Waals surface area contributed by atoms with E-state index in [-0.39, 0.29) is 0 Å². The smallest absolute Gasteiger partial charge is 0.136 e. The van der Waals surface area contributed by atoms with Gasteiger partial charge in [0.15, 0.2) is 0 Å². The van der Waals surface area contributed by atoms with E-state index in [1.165, 1.54) is 6.08 Å². The molecule has 0 aromatic rings. The molecule has 0 aliphatic carbocycles. The van der Waals surface area contributed by atoms with Gasteiger partial charge in [-0.1, -0.05) is 23.2 Å². The molecule has 0 unspecified atom stereocenters. The predicted molar refractivity (Wildman–Crippen MR) is 31.9 cm³/mol. The number of hydrogen-bond acceptors (Lipinski definition) is 1. The lowest BCUT2D eigenvalue weighted by molar-refractivity contribution is 0.470. The summed E-state index contributed by atoms with van der Waals surface area (Å²) in [6.07, 6.45) is 2.09. The normalized spacial score (nSPS) is 13.0. The van der Waals surface area contributed by atoms with Crippen LogP contribution in [0.3, 0.4) is 0 Å². The predicted octanol–water partition coefficient (Wildman–Crippen LogP) is 2.25. The van der Waals surface area contributed by atoms with Crippen molar-refractivity contribution in [1.82, 2.24) is 0 Å². The topological polar surface area (TPSA) is 20.2 Å². The van der Waals surface area contributed by atoms with E-state index in [0.717, 1.165) is 6.26 Å². The fraction of sp³-hybridized carbons (Fsp3) is 0.500. The largest absolute Gasteiger partial charge is 0.516 e. The van der Waals surface area contributed by atoms with E-state index in [0.29, 0.717) is 0 Å². The maximum atomic E-state index is 8.05. The Bertz CT molecular complexity index is 72.2. The number of aliphatic hydroxyl groups excluding tert-OH is 1. The average Bonchev–Trinajstić information content (AvgIpc) is 1.30. The van der Waals surface area contributed by atoms with Gasteiger partial charge in [0.25, 0.3) is 0 Å². The highest BCUT2D eigenvalue weighted by atomic mass is 35.5. The molecule has 0 bridgehead atoms. The van der Waals surface area contributed by atoms with Crippen molar-refractivity contribution in [2.45, 2.75) is 11.3 Å². The summed E-state index contributed by atoms with van der Waals surface area (Å²) in [7, 11) is 0. The van der Waals surface area contributed by atoms with Gasteiger partial charge in [-0.15, -0.1) is 0 Å². The Morgan fingerprint density at radius 3 is 2.00 bits per heavy atom. The minimum Gasteiger partial charge on any atom is -0.516 e. The van der Waals surface area contributed by atoms with Crippen LogP contribution in [0, 0.1) is 0 Å². The van der Waals surface area contributed by atoms with Gasteiger partial charge in [0.1, 0.15) is 4.33 Å². The monoisotopic (exact) mass is 140 g/mol. The van der Waals surface area contributed by atoms with Crippen LogP contribution < -0.4 is 0 Å². The fourth-order valence-electron chi connectivity index (χ4n) is 0.131. The summed E-state index contributed by atoms with van der Waals surface area (Å²) >= 11 is 10.7. The van der Waals surface area contributed by atoms with Crippen molar-refractivity contribution in [2.24, 2.45) is 0 Å². The Kier molecular flexibility index (Phi) is 2.47. The first-order valence-corrected chi connectivity index (χ1v) is 2.51. The average molecular weight is 141 g/mol. The summed E-state index contributed by atoms with van der Waals surface area (Å²) < 4.78 is -0.936. The third-order valence-corrected chi connectivity index (χ3v) is 0.619. The molecule has 0 saturated heterocycles. The maximum absolute atomic E-state index is 8.05. The Labute approximate surface area is 52.5 Å². The molecular formula is C4H6Cl2O. The zero-order valence-electron chi connectivity index (χ0n) is 3.86. The molecule has 42 valence electrons. The molecule has 0 aromatic heterocycles. The van der Waals surface area contributed by atoms with Crippen molar-refractivity contribution in [3.05, 3.63) is 12.3 Å². The number of rotatable bonds is 1. The second-order valence-corrected chi connectivity index (χ2v) is 3.04. The second kappa shape index (κ2) is 2.43. The van der Waals surface area contributed by atoms with Crippen LogP contribution in [-0.2, 0) is 0 Å². The first-order valence-electron chi connectivity index (χ1n) is 1.76. The molecule has 0 fully saturated rings. The van der Waals surface area contributed by atoms with Crippen molar-refractivity contribution in [3.63, 3.8) is 0 Å². The van der Waals surface area contributed by atoms with Crippen LogP contribution in [0.25, 0.3) is 0 Å². The van der Waals surface area contributed by atoms with E-state index < -0.39 is 4.33 Å². The molecule has 1 nitrogen and oxygen atoms in total. The molecule has 0 rings (SSSR count). The number of alkyl halides is 2. The summed E-state index contributed by atoms with van der Waals surface area (Å²) in [6.45, 7) is 1.56. The minimum absolute atomic E-state index is 0.819. The number of allylic oxidation sites excluding steroid dienone is 1. The van der Waals surface area contributed by atoms with Crippen molar-refractivity contribution in [1.29, 1.82) is 0 Å². The lowest BCUT2D eigenvalue weighted by Crippen LogP contribution is -1.98.